The van der Waals surface area contributed by atoms with Crippen LogP contribution < -0.4 is 9.47 Å². The van der Waals surface area contributed by atoms with Gasteiger partial charge in [-0.3, -0.25) is 0 Å². The van der Waals surface area contributed by atoms with Crippen molar-refractivity contribution in [3.05, 3.63) is 58.6 Å². The van der Waals surface area contributed by atoms with E-state index in [2.05, 4.69) is 37.4 Å². The molecule has 0 amide bonds. The van der Waals surface area contributed by atoms with Crippen LogP contribution in [0, 0.1) is 13.8 Å². The zero-order chi connectivity index (χ0) is 17.8. The highest BCUT2D eigenvalue weighted by molar-refractivity contribution is 7.98. The maximum Gasteiger partial charge on any atom is 0.170 e. The summed E-state index contributed by atoms with van der Waals surface area (Å²) in [5.74, 6) is 2.31. The van der Waals surface area contributed by atoms with Gasteiger partial charge in [0.25, 0.3) is 0 Å². The van der Waals surface area contributed by atoms with E-state index in [-0.39, 0.29) is 0 Å². The van der Waals surface area contributed by atoms with Crippen molar-refractivity contribution in [3.8, 4) is 22.1 Å². The summed E-state index contributed by atoms with van der Waals surface area (Å²) >= 11 is 3.46. The van der Waals surface area contributed by atoms with Gasteiger partial charge in [0.05, 0.1) is 25.5 Å². The molecule has 1 heterocycles. The van der Waals surface area contributed by atoms with Gasteiger partial charge < -0.3 is 9.47 Å². The fourth-order valence-corrected chi connectivity index (χ4v) is 4.53. The standard InChI is InChI=1S/C20H21NO2S2/c1-13-8-9-14(2)18(10-13)24-11-15-12-25-20(21-15)16-6-5-7-17(22-3)19(16)23-4/h5-10,12H,11H2,1-4H3. The van der Waals surface area contributed by atoms with Crippen molar-refractivity contribution >= 4 is 23.1 Å². The van der Waals surface area contributed by atoms with E-state index >= 15 is 0 Å². The average Bonchev–Trinajstić information content (AvgIpc) is 3.10. The van der Waals surface area contributed by atoms with Crippen molar-refractivity contribution in [2.45, 2.75) is 24.5 Å². The van der Waals surface area contributed by atoms with Crippen LogP contribution in [0.1, 0.15) is 16.8 Å². The molecule has 5 heteroatoms. The normalized spacial score (nSPS) is 10.7. The lowest BCUT2D eigenvalue weighted by atomic mass is 10.2. The first kappa shape index (κ1) is 17.8. The Morgan fingerprint density at radius 1 is 1.08 bits per heavy atom. The first-order valence-corrected chi connectivity index (χ1v) is 9.84. The maximum absolute atomic E-state index is 5.53. The molecule has 3 nitrogen and oxygen atoms in total. The molecule has 0 unspecified atom stereocenters. The second-order valence-corrected chi connectivity index (χ2v) is 7.62. The second kappa shape index (κ2) is 7.93. The highest BCUT2D eigenvalue weighted by Crippen LogP contribution is 2.39. The number of rotatable bonds is 6. The third kappa shape index (κ3) is 3.99. The van der Waals surface area contributed by atoms with Crippen LogP contribution in [-0.2, 0) is 5.75 Å². The summed E-state index contributed by atoms with van der Waals surface area (Å²) in [5, 5.41) is 3.07. The van der Waals surface area contributed by atoms with Gasteiger partial charge in [-0.2, -0.15) is 0 Å². The molecule has 130 valence electrons. The van der Waals surface area contributed by atoms with Gasteiger partial charge in [-0.25, -0.2) is 4.98 Å². The molecular formula is C20H21NO2S2. The number of methoxy groups -OCH3 is 2. The number of para-hydroxylation sites is 1. The molecule has 0 saturated carbocycles. The van der Waals surface area contributed by atoms with E-state index < -0.39 is 0 Å². The number of aromatic nitrogens is 1. The fraction of sp³-hybridized carbons (Fsp3) is 0.250. The van der Waals surface area contributed by atoms with Crippen molar-refractivity contribution in [2.24, 2.45) is 0 Å². The minimum absolute atomic E-state index is 0.724. The van der Waals surface area contributed by atoms with Crippen LogP contribution in [0.2, 0.25) is 0 Å². The van der Waals surface area contributed by atoms with E-state index in [1.807, 2.05) is 30.0 Å². The Kier molecular flexibility index (Phi) is 5.66. The van der Waals surface area contributed by atoms with Gasteiger partial charge in [-0.1, -0.05) is 23.8 Å². The topological polar surface area (TPSA) is 31.4 Å². The molecule has 0 N–H and O–H groups in total. The predicted molar refractivity (Wildman–Crippen MR) is 106 cm³/mol. The molecule has 0 radical (unpaired) electrons. The van der Waals surface area contributed by atoms with Crippen molar-refractivity contribution in [3.63, 3.8) is 0 Å². The van der Waals surface area contributed by atoms with Gasteiger partial charge in [-0.15, -0.1) is 23.1 Å². The molecule has 25 heavy (non-hydrogen) atoms. The molecule has 1 aromatic heterocycles. The molecular weight excluding hydrogens is 350 g/mol. The first-order chi connectivity index (χ1) is 12.1. The minimum atomic E-state index is 0.724. The zero-order valence-corrected chi connectivity index (χ0v) is 16.5. The number of thiazole rings is 1. The number of hydrogen-bond acceptors (Lipinski definition) is 5. The molecule has 0 aliphatic heterocycles. The summed E-state index contributed by atoms with van der Waals surface area (Å²) in [6.45, 7) is 4.27. The van der Waals surface area contributed by atoms with Crippen molar-refractivity contribution < 1.29 is 9.47 Å². The smallest absolute Gasteiger partial charge is 0.170 e. The summed E-state index contributed by atoms with van der Waals surface area (Å²) in [6.07, 6.45) is 0. The van der Waals surface area contributed by atoms with E-state index in [0.29, 0.717) is 0 Å². The molecule has 0 fully saturated rings. The Morgan fingerprint density at radius 3 is 2.68 bits per heavy atom. The summed E-state index contributed by atoms with van der Waals surface area (Å²) in [6, 6.07) is 12.4. The summed E-state index contributed by atoms with van der Waals surface area (Å²) in [4.78, 5) is 6.11. The number of aryl methyl sites for hydroxylation is 2. The van der Waals surface area contributed by atoms with Gasteiger partial charge in [-0.05, 0) is 37.6 Å². The molecule has 0 bridgehead atoms. The molecule has 0 spiro atoms. The highest BCUT2D eigenvalue weighted by atomic mass is 32.2. The van der Waals surface area contributed by atoms with Gasteiger partial charge in [0.15, 0.2) is 11.5 Å². The second-order valence-electron chi connectivity index (χ2n) is 5.74. The van der Waals surface area contributed by atoms with Crippen LogP contribution in [0.25, 0.3) is 10.6 Å². The van der Waals surface area contributed by atoms with Crippen LogP contribution in [-0.4, -0.2) is 19.2 Å². The predicted octanol–water partition coefficient (Wildman–Crippen LogP) is 5.74. The number of benzene rings is 2. The van der Waals surface area contributed by atoms with Crippen molar-refractivity contribution in [1.29, 1.82) is 0 Å². The molecule has 3 rings (SSSR count). The first-order valence-electron chi connectivity index (χ1n) is 7.98. The Morgan fingerprint density at radius 2 is 1.92 bits per heavy atom. The third-order valence-corrected chi connectivity index (χ3v) is 6.02. The quantitative estimate of drug-likeness (QED) is 0.517. The summed E-state index contributed by atoms with van der Waals surface area (Å²) < 4.78 is 10.9. The minimum Gasteiger partial charge on any atom is -0.493 e. The number of thioether (sulfide) groups is 1. The summed E-state index contributed by atoms with van der Waals surface area (Å²) in [5.41, 5.74) is 4.64. The largest absolute Gasteiger partial charge is 0.493 e. The number of hydrogen-bond donors (Lipinski definition) is 0. The van der Waals surface area contributed by atoms with Gasteiger partial charge in [0, 0.05) is 16.0 Å². The van der Waals surface area contributed by atoms with Gasteiger partial charge in [0.2, 0.25) is 0 Å². The van der Waals surface area contributed by atoms with E-state index in [9.17, 15) is 0 Å². The molecule has 0 aliphatic rings. The average molecular weight is 372 g/mol. The highest BCUT2D eigenvalue weighted by Gasteiger charge is 2.14. The lowest BCUT2D eigenvalue weighted by Gasteiger charge is -2.10. The van der Waals surface area contributed by atoms with Gasteiger partial charge >= 0.3 is 0 Å². The SMILES string of the molecule is COc1cccc(-c2nc(CSc3cc(C)ccc3C)cs2)c1OC. The number of nitrogens with zero attached hydrogens (tertiary/aromatic N) is 1. The van der Waals surface area contributed by atoms with Crippen LogP contribution in [0.3, 0.4) is 0 Å². The molecule has 3 aromatic rings. The van der Waals surface area contributed by atoms with Crippen LogP contribution in [0.4, 0.5) is 0 Å². The monoisotopic (exact) mass is 371 g/mol. The zero-order valence-electron chi connectivity index (χ0n) is 14.8. The third-order valence-electron chi connectivity index (χ3n) is 3.90. The molecule has 0 saturated heterocycles. The van der Waals surface area contributed by atoms with Gasteiger partial charge in [0.1, 0.15) is 5.01 Å². The molecule has 2 aromatic carbocycles. The Balaban J connectivity index is 1.80. The van der Waals surface area contributed by atoms with E-state index in [1.54, 1.807) is 25.6 Å². The fourth-order valence-electron chi connectivity index (χ4n) is 2.57. The molecule has 0 atom stereocenters. The Bertz CT molecular complexity index is 874. The lowest BCUT2D eigenvalue weighted by molar-refractivity contribution is 0.356. The van der Waals surface area contributed by atoms with Crippen molar-refractivity contribution in [1.82, 2.24) is 4.98 Å². The Labute approximate surface area is 157 Å². The Hall–Kier alpha value is -1.98. The van der Waals surface area contributed by atoms with E-state index in [4.69, 9.17) is 14.5 Å². The van der Waals surface area contributed by atoms with Crippen LogP contribution in [0.15, 0.2) is 46.7 Å². The van der Waals surface area contributed by atoms with E-state index in [1.165, 1.54) is 16.0 Å². The molecule has 0 aliphatic carbocycles. The van der Waals surface area contributed by atoms with Crippen LogP contribution in [0.5, 0.6) is 11.5 Å². The lowest BCUT2D eigenvalue weighted by Crippen LogP contribution is -1.93. The summed E-state index contributed by atoms with van der Waals surface area (Å²) in [7, 11) is 3.31. The van der Waals surface area contributed by atoms with Crippen LogP contribution >= 0.6 is 23.1 Å². The number of ether oxygens (including phenoxy) is 2. The van der Waals surface area contributed by atoms with Crippen molar-refractivity contribution in [2.75, 3.05) is 14.2 Å². The maximum atomic E-state index is 5.53. The van der Waals surface area contributed by atoms with E-state index in [0.717, 1.165) is 33.5 Å².